The van der Waals surface area contributed by atoms with Crippen LogP contribution in [0.1, 0.15) is 32.3 Å². The average molecular weight is 277 g/mol. The zero-order valence-corrected chi connectivity index (χ0v) is 12.4. The van der Waals surface area contributed by atoms with Crippen molar-refractivity contribution < 1.29 is 14.3 Å². The fourth-order valence-electron chi connectivity index (χ4n) is 2.00. The van der Waals surface area contributed by atoms with Gasteiger partial charge in [0.25, 0.3) is 0 Å². The van der Waals surface area contributed by atoms with Gasteiger partial charge in [0, 0.05) is 6.42 Å². The van der Waals surface area contributed by atoms with E-state index in [1.54, 1.807) is 0 Å². The minimum absolute atomic E-state index is 0.120. The van der Waals surface area contributed by atoms with Crippen LogP contribution in [0.25, 0.3) is 0 Å². The summed E-state index contributed by atoms with van der Waals surface area (Å²) >= 11 is 0. The molecule has 0 unspecified atom stereocenters. The van der Waals surface area contributed by atoms with Crippen molar-refractivity contribution in [3.05, 3.63) is 35.9 Å². The highest BCUT2D eigenvalue weighted by Crippen LogP contribution is 2.07. The molecule has 1 rings (SSSR count). The SMILES string of the molecule is COC(=O)[C@H](CC(C)C)NC(=O)CCc1ccccc1. The molecule has 0 heterocycles. The predicted octanol–water partition coefficient (Wildman–Crippen LogP) is 2.32. The average Bonchev–Trinajstić information content (AvgIpc) is 2.44. The summed E-state index contributed by atoms with van der Waals surface area (Å²) in [4.78, 5) is 23.5. The van der Waals surface area contributed by atoms with Gasteiger partial charge in [-0.15, -0.1) is 0 Å². The molecule has 0 aliphatic carbocycles. The first-order valence-corrected chi connectivity index (χ1v) is 6.94. The van der Waals surface area contributed by atoms with Crippen LogP contribution in [0.2, 0.25) is 0 Å². The van der Waals surface area contributed by atoms with Gasteiger partial charge < -0.3 is 10.1 Å². The number of hydrogen-bond acceptors (Lipinski definition) is 3. The molecule has 110 valence electrons. The molecule has 4 nitrogen and oxygen atoms in total. The molecule has 1 aromatic carbocycles. The molecule has 0 aromatic heterocycles. The van der Waals surface area contributed by atoms with E-state index in [2.05, 4.69) is 5.32 Å². The molecule has 1 atom stereocenters. The molecule has 0 radical (unpaired) electrons. The fourth-order valence-corrected chi connectivity index (χ4v) is 2.00. The molecule has 1 aromatic rings. The van der Waals surface area contributed by atoms with Crippen LogP contribution in [0.4, 0.5) is 0 Å². The lowest BCUT2D eigenvalue weighted by Crippen LogP contribution is -2.42. The molecule has 0 saturated heterocycles. The highest BCUT2D eigenvalue weighted by Gasteiger charge is 2.22. The van der Waals surface area contributed by atoms with Gasteiger partial charge in [-0.1, -0.05) is 44.2 Å². The number of hydrogen-bond donors (Lipinski definition) is 1. The van der Waals surface area contributed by atoms with E-state index < -0.39 is 6.04 Å². The Kier molecular flexibility index (Phi) is 6.77. The Morgan fingerprint density at radius 2 is 1.85 bits per heavy atom. The number of nitrogens with one attached hydrogen (secondary N) is 1. The monoisotopic (exact) mass is 277 g/mol. The Morgan fingerprint density at radius 3 is 2.40 bits per heavy atom. The van der Waals surface area contributed by atoms with E-state index in [1.807, 2.05) is 44.2 Å². The molecule has 0 bridgehead atoms. The molecule has 0 aliphatic heterocycles. The summed E-state index contributed by atoms with van der Waals surface area (Å²) in [5.41, 5.74) is 1.11. The van der Waals surface area contributed by atoms with Crippen molar-refractivity contribution in [1.82, 2.24) is 5.32 Å². The van der Waals surface area contributed by atoms with Gasteiger partial charge in [0.05, 0.1) is 7.11 Å². The van der Waals surface area contributed by atoms with Crippen LogP contribution in [0, 0.1) is 5.92 Å². The molecule has 0 saturated carbocycles. The maximum absolute atomic E-state index is 11.9. The smallest absolute Gasteiger partial charge is 0.328 e. The lowest BCUT2D eigenvalue weighted by atomic mass is 10.0. The second-order valence-electron chi connectivity index (χ2n) is 5.26. The molecule has 0 aliphatic rings. The van der Waals surface area contributed by atoms with Crippen LogP contribution in [0.3, 0.4) is 0 Å². The zero-order chi connectivity index (χ0) is 15.0. The quantitative estimate of drug-likeness (QED) is 0.778. The lowest BCUT2D eigenvalue weighted by molar-refractivity contribution is -0.145. The summed E-state index contributed by atoms with van der Waals surface area (Å²) in [5.74, 6) is -0.190. The topological polar surface area (TPSA) is 55.4 Å². The molecule has 1 amide bonds. The summed E-state index contributed by atoms with van der Waals surface area (Å²) in [7, 11) is 1.34. The standard InChI is InChI=1S/C16H23NO3/c1-12(2)11-14(16(19)20-3)17-15(18)10-9-13-7-5-4-6-8-13/h4-8,12,14H,9-11H2,1-3H3,(H,17,18)/t14-/m0/s1. The number of carbonyl (C=O) groups is 2. The first-order valence-electron chi connectivity index (χ1n) is 6.94. The van der Waals surface area contributed by atoms with Gasteiger partial charge in [0.2, 0.25) is 5.91 Å². The summed E-state index contributed by atoms with van der Waals surface area (Å²) in [6, 6.07) is 9.26. The number of rotatable bonds is 7. The van der Waals surface area contributed by atoms with Gasteiger partial charge in [-0.05, 0) is 24.3 Å². The highest BCUT2D eigenvalue weighted by atomic mass is 16.5. The molecule has 1 N–H and O–H groups in total. The van der Waals surface area contributed by atoms with Crippen molar-refractivity contribution in [3.63, 3.8) is 0 Å². The third-order valence-corrected chi connectivity index (χ3v) is 3.01. The number of benzene rings is 1. The van der Waals surface area contributed by atoms with Gasteiger partial charge in [-0.25, -0.2) is 4.79 Å². The Hall–Kier alpha value is -1.84. The van der Waals surface area contributed by atoms with E-state index in [0.29, 0.717) is 25.2 Å². The molecule has 20 heavy (non-hydrogen) atoms. The van der Waals surface area contributed by atoms with Crippen LogP contribution in [-0.4, -0.2) is 25.0 Å². The van der Waals surface area contributed by atoms with Crippen molar-refractivity contribution in [1.29, 1.82) is 0 Å². The third kappa shape index (κ3) is 5.87. The number of methoxy groups -OCH3 is 1. The molecule has 0 spiro atoms. The van der Waals surface area contributed by atoms with Gasteiger partial charge in [0.1, 0.15) is 6.04 Å². The molecular weight excluding hydrogens is 254 g/mol. The Morgan fingerprint density at radius 1 is 1.20 bits per heavy atom. The van der Waals surface area contributed by atoms with E-state index >= 15 is 0 Å². The van der Waals surface area contributed by atoms with Crippen LogP contribution >= 0.6 is 0 Å². The summed E-state index contributed by atoms with van der Waals surface area (Å²) in [5, 5.41) is 2.76. The number of amides is 1. The van der Waals surface area contributed by atoms with Crippen molar-refractivity contribution in [3.8, 4) is 0 Å². The summed E-state index contributed by atoms with van der Waals surface area (Å²) in [6.07, 6.45) is 1.63. The Labute approximate surface area is 120 Å². The maximum Gasteiger partial charge on any atom is 0.328 e. The third-order valence-electron chi connectivity index (χ3n) is 3.01. The van der Waals surface area contributed by atoms with Gasteiger partial charge >= 0.3 is 5.97 Å². The number of aryl methyl sites for hydroxylation is 1. The van der Waals surface area contributed by atoms with Crippen molar-refractivity contribution in [2.24, 2.45) is 5.92 Å². The summed E-state index contributed by atoms with van der Waals surface area (Å²) in [6.45, 7) is 4.01. The number of carbonyl (C=O) groups excluding carboxylic acids is 2. The fraction of sp³-hybridized carbons (Fsp3) is 0.500. The second-order valence-corrected chi connectivity index (χ2v) is 5.26. The molecule has 0 fully saturated rings. The van der Waals surface area contributed by atoms with E-state index in [9.17, 15) is 9.59 Å². The second kappa shape index (κ2) is 8.35. The van der Waals surface area contributed by atoms with E-state index in [-0.39, 0.29) is 11.9 Å². The van der Waals surface area contributed by atoms with E-state index in [1.165, 1.54) is 7.11 Å². The minimum atomic E-state index is -0.553. The van der Waals surface area contributed by atoms with Crippen LogP contribution in [-0.2, 0) is 20.7 Å². The Balaban J connectivity index is 2.47. The maximum atomic E-state index is 11.9. The van der Waals surface area contributed by atoms with Crippen LogP contribution < -0.4 is 5.32 Å². The van der Waals surface area contributed by atoms with Gasteiger partial charge in [0.15, 0.2) is 0 Å². The van der Waals surface area contributed by atoms with Crippen molar-refractivity contribution in [2.45, 2.75) is 39.2 Å². The normalized spacial score (nSPS) is 12.0. The molecular formula is C16H23NO3. The van der Waals surface area contributed by atoms with E-state index in [0.717, 1.165) is 5.56 Å². The van der Waals surface area contributed by atoms with Gasteiger partial charge in [-0.3, -0.25) is 4.79 Å². The first kappa shape index (κ1) is 16.2. The van der Waals surface area contributed by atoms with E-state index in [4.69, 9.17) is 4.74 Å². The predicted molar refractivity (Wildman–Crippen MR) is 78.2 cm³/mol. The number of ether oxygens (including phenoxy) is 1. The van der Waals surface area contributed by atoms with Crippen LogP contribution in [0.15, 0.2) is 30.3 Å². The molecule has 4 heteroatoms. The highest BCUT2D eigenvalue weighted by molar-refractivity contribution is 5.84. The van der Waals surface area contributed by atoms with Gasteiger partial charge in [-0.2, -0.15) is 0 Å². The van der Waals surface area contributed by atoms with Crippen molar-refractivity contribution in [2.75, 3.05) is 7.11 Å². The minimum Gasteiger partial charge on any atom is -0.467 e. The zero-order valence-electron chi connectivity index (χ0n) is 12.4. The van der Waals surface area contributed by atoms with Crippen LogP contribution in [0.5, 0.6) is 0 Å². The largest absolute Gasteiger partial charge is 0.467 e. The number of esters is 1. The Bertz CT molecular complexity index is 429. The first-order chi connectivity index (χ1) is 9.52. The summed E-state index contributed by atoms with van der Waals surface area (Å²) < 4.78 is 4.72. The van der Waals surface area contributed by atoms with Crippen molar-refractivity contribution >= 4 is 11.9 Å². The lowest BCUT2D eigenvalue weighted by Gasteiger charge is -2.18.